The first-order chi connectivity index (χ1) is 8.49. The quantitative estimate of drug-likeness (QED) is 0.557. The summed E-state index contributed by atoms with van der Waals surface area (Å²) in [5, 5.41) is 17.6. The molecule has 0 spiro atoms. The molecule has 0 bridgehead atoms. The maximum Gasteiger partial charge on any atom is 0.350 e. The average molecular weight is 253 g/mol. The normalized spacial score (nSPS) is 10.5. The number of aromatic amines is 1. The first-order valence-corrected chi connectivity index (χ1v) is 4.75. The molecule has 0 fully saturated rings. The summed E-state index contributed by atoms with van der Waals surface area (Å²) < 4.78 is 5.39. The maximum atomic E-state index is 11.5. The van der Waals surface area contributed by atoms with E-state index in [2.05, 4.69) is 14.9 Å². The van der Waals surface area contributed by atoms with Gasteiger partial charge in [-0.2, -0.15) is 0 Å². The fourth-order valence-electron chi connectivity index (χ4n) is 1.30. The average Bonchev–Trinajstić information content (AvgIpc) is 2.67. The lowest BCUT2D eigenvalue weighted by molar-refractivity contribution is -0.386. The standard InChI is InChI=1S/C8H7N5O5/c1-4-5(11-18-10-4)2-12-3-6(13(16)17)7(14)9-8(12)15/h3H,2H2,1H3,(H,9,14,15). The third kappa shape index (κ3) is 2.03. The van der Waals surface area contributed by atoms with E-state index in [4.69, 9.17) is 0 Å². The molecule has 94 valence electrons. The molecule has 2 rings (SSSR count). The van der Waals surface area contributed by atoms with Crippen LogP contribution in [0.15, 0.2) is 20.4 Å². The summed E-state index contributed by atoms with van der Waals surface area (Å²) in [5.41, 5.74) is -1.73. The van der Waals surface area contributed by atoms with Crippen LogP contribution in [-0.2, 0) is 6.54 Å². The molecule has 2 aromatic heterocycles. The maximum absolute atomic E-state index is 11.5. The third-order valence-corrected chi connectivity index (χ3v) is 2.26. The minimum atomic E-state index is -1.05. The molecule has 2 aromatic rings. The van der Waals surface area contributed by atoms with E-state index in [9.17, 15) is 19.7 Å². The Balaban J connectivity index is 2.49. The van der Waals surface area contributed by atoms with E-state index >= 15 is 0 Å². The van der Waals surface area contributed by atoms with Crippen LogP contribution in [0, 0.1) is 17.0 Å². The van der Waals surface area contributed by atoms with E-state index in [0.29, 0.717) is 11.4 Å². The summed E-state index contributed by atoms with van der Waals surface area (Å²) in [6, 6.07) is 0. The Labute approximate surface area is 98.0 Å². The summed E-state index contributed by atoms with van der Waals surface area (Å²) in [4.78, 5) is 34.2. The Bertz CT molecular complexity index is 711. The number of hydrogen-bond donors (Lipinski definition) is 1. The molecule has 0 amide bonds. The van der Waals surface area contributed by atoms with Crippen LogP contribution in [0.3, 0.4) is 0 Å². The summed E-state index contributed by atoms with van der Waals surface area (Å²) in [5.74, 6) is 0. The molecule has 1 N–H and O–H groups in total. The first kappa shape index (κ1) is 11.7. The lowest BCUT2D eigenvalue weighted by atomic mass is 10.3. The zero-order valence-corrected chi connectivity index (χ0v) is 9.11. The van der Waals surface area contributed by atoms with Gasteiger partial charge in [0.05, 0.1) is 17.7 Å². The van der Waals surface area contributed by atoms with Crippen molar-refractivity contribution in [3.8, 4) is 0 Å². The molecule has 10 heteroatoms. The van der Waals surface area contributed by atoms with Gasteiger partial charge < -0.3 is 0 Å². The molecule has 0 aliphatic heterocycles. The number of nitrogens with zero attached hydrogens (tertiary/aromatic N) is 4. The van der Waals surface area contributed by atoms with Gasteiger partial charge >= 0.3 is 16.9 Å². The van der Waals surface area contributed by atoms with Gasteiger partial charge in [-0.1, -0.05) is 10.3 Å². The van der Waals surface area contributed by atoms with Gasteiger partial charge in [0.2, 0.25) is 0 Å². The van der Waals surface area contributed by atoms with Gasteiger partial charge in [0.1, 0.15) is 11.4 Å². The van der Waals surface area contributed by atoms with E-state index < -0.39 is 21.9 Å². The van der Waals surface area contributed by atoms with E-state index in [-0.39, 0.29) is 6.54 Å². The molecule has 0 atom stereocenters. The van der Waals surface area contributed by atoms with Crippen LogP contribution in [0.5, 0.6) is 0 Å². The van der Waals surface area contributed by atoms with Crippen LogP contribution in [0.2, 0.25) is 0 Å². The summed E-state index contributed by atoms with van der Waals surface area (Å²) in [7, 11) is 0. The highest BCUT2D eigenvalue weighted by Crippen LogP contribution is 2.04. The van der Waals surface area contributed by atoms with E-state index in [1.165, 1.54) is 0 Å². The number of aryl methyl sites for hydroxylation is 1. The summed E-state index contributed by atoms with van der Waals surface area (Å²) >= 11 is 0. The summed E-state index contributed by atoms with van der Waals surface area (Å²) in [6.45, 7) is 1.53. The van der Waals surface area contributed by atoms with Crippen molar-refractivity contribution in [1.82, 2.24) is 19.9 Å². The van der Waals surface area contributed by atoms with Gasteiger partial charge in [-0.15, -0.1) is 0 Å². The highest BCUT2D eigenvalue weighted by molar-refractivity contribution is 5.21. The van der Waals surface area contributed by atoms with E-state index in [0.717, 1.165) is 10.8 Å². The van der Waals surface area contributed by atoms with Crippen molar-refractivity contribution in [3.05, 3.63) is 48.5 Å². The van der Waals surface area contributed by atoms with Gasteiger partial charge in [0, 0.05) is 0 Å². The second-order valence-electron chi connectivity index (χ2n) is 3.45. The number of nitrogens with one attached hydrogen (secondary N) is 1. The van der Waals surface area contributed by atoms with Gasteiger partial charge in [0.25, 0.3) is 0 Å². The topological polar surface area (TPSA) is 137 Å². The molecular formula is C8H7N5O5. The minimum Gasteiger partial charge on any atom is -0.287 e. The number of rotatable bonds is 3. The van der Waals surface area contributed by atoms with Gasteiger partial charge in [-0.3, -0.25) is 24.5 Å². The van der Waals surface area contributed by atoms with Gasteiger partial charge in [0.15, 0.2) is 0 Å². The lowest BCUT2D eigenvalue weighted by Gasteiger charge is -2.01. The lowest BCUT2D eigenvalue weighted by Crippen LogP contribution is -2.31. The predicted octanol–water partition coefficient (Wildman–Crippen LogP) is -0.815. The van der Waals surface area contributed by atoms with Gasteiger partial charge in [-0.05, 0) is 6.92 Å². The number of H-pyrrole nitrogens is 1. The molecular weight excluding hydrogens is 246 g/mol. The monoisotopic (exact) mass is 253 g/mol. The molecule has 0 aromatic carbocycles. The number of aromatic nitrogens is 4. The molecule has 0 aliphatic carbocycles. The molecule has 0 radical (unpaired) electrons. The van der Waals surface area contributed by atoms with Crippen LogP contribution < -0.4 is 11.2 Å². The predicted molar refractivity (Wildman–Crippen MR) is 56.1 cm³/mol. The van der Waals surface area contributed by atoms with Crippen molar-refractivity contribution in [2.75, 3.05) is 0 Å². The molecule has 0 saturated heterocycles. The van der Waals surface area contributed by atoms with E-state index in [1.807, 2.05) is 4.98 Å². The number of hydrogen-bond acceptors (Lipinski definition) is 7. The minimum absolute atomic E-state index is 0.0776. The Morgan fingerprint density at radius 2 is 2.22 bits per heavy atom. The first-order valence-electron chi connectivity index (χ1n) is 4.75. The second-order valence-corrected chi connectivity index (χ2v) is 3.45. The molecule has 18 heavy (non-hydrogen) atoms. The van der Waals surface area contributed by atoms with Crippen LogP contribution in [0.25, 0.3) is 0 Å². The van der Waals surface area contributed by atoms with E-state index in [1.54, 1.807) is 6.92 Å². The van der Waals surface area contributed by atoms with Crippen LogP contribution in [0.4, 0.5) is 5.69 Å². The van der Waals surface area contributed by atoms with Crippen LogP contribution in [-0.4, -0.2) is 24.8 Å². The number of nitro groups is 1. The fourth-order valence-corrected chi connectivity index (χ4v) is 1.30. The molecule has 0 aliphatic rings. The molecule has 0 saturated carbocycles. The Kier molecular flexibility index (Phi) is 2.75. The molecule has 0 unspecified atom stereocenters. The molecule has 10 nitrogen and oxygen atoms in total. The van der Waals surface area contributed by atoms with Crippen molar-refractivity contribution in [2.45, 2.75) is 13.5 Å². The van der Waals surface area contributed by atoms with Crippen LogP contribution >= 0.6 is 0 Å². The largest absolute Gasteiger partial charge is 0.350 e. The fraction of sp³-hybridized carbons (Fsp3) is 0.250. The van der Waals surface area contributed by atoms with Gasteiger partial charge in [-0.25, -0.2) is 9.42 Å². The highest BCUT2D eigenvalue weighted by atomic mass is 16.6. The van der Waals surface area contributed by atoms with Crippen molar-refractivity contribution in [3.63, 3.8) is 0 Å². The Morgan fingerprint density at radius 3 is 2.78 bits per heavy atom. The zero-order valence-electron chi connectivity index (χ0n) is 9.11. The van der Waals surface area contributed by atoms with Crippen LogP contribution in [0.1, 0.15) is 11.4 Å². The van der Waals surface area contributed by atoms with Crippen molar-refractivity contribution in [1.29, 1.82) is 0 Å². The second kappa shape index (κ2) is 4.24. The Hall–Kier alpha value is -2.78. The molecule has 2 heterocycles. The van der Waals surface area contributed by atoms with Crippen molar-refractivity contribution >= 4 is 5.69 Å². The third-order valence-electron chi connectivity index (χ3n) is 2.26. The zero-order chi connectivity index (χ0) is 13.3. The SMILES string of the molecule is Cc1nonc1Cn1cc([N+](=O)[O-])c(=O)[nH]c1=O. The van der Waals surface area contributed by atoms with Crippen molar-refractivity contribution in [2.24, 2.45) is 0 Å². The summed E-state index contributed by atoms with van der Waals surface area (Å²) in [6.07, 6.45) is 0.856. The highest BCUT2D eigenvalue weighted by Gasteiger charge is 2.16. The van der Waals surface area contributed by atoms with Crippen molar-refractivity contribution < 1.29 is 9.55 Å². The smallest absolute Gasteiger partial charge is 0.287 e. The Morgan fingerprint density at radius 1 is 1.50 bits per heavy atom.